The Hall–Kier alpha value is -1.88. The normalized spacial score (nSPS) is 16.5. The van der Waals surface area contributed by atoms with Crippen LogP contribution in [-0.2, 0) is 4.74 Å². The average molecular weight is 260 g/mol. The number of rotatable bonds is 4. The van der Waals surface area contributed by atoms with E-state index in [0.29, 0.717) is 23.2 Å². The highest BCUT2D eigenvalue weighted by Gasteiger charge is 2.35. The fourth-order valence-electron chi connectivity index (χ4n) is 2.12. The number of benzene rings is 1. The minimum absolute atomic E-state index is 0.0865. The van der Waals surface area contributed by atoms with Gasteiger partial charge in [0.15, 0.2) is 0 Å². The summed E-state index contributed by atoms with van der Waals surface area (Å²) in [5, 5.41) is 13.7. The molecule has 0 bridgehead atoms. The summed E-state index contributed by atoms with van der Waals surface area (Å²) < 4.78 is 10.7. The molecule has 0 spiro atoms. The van der Waals surface area contributed by atoms with Gasteiger partial charge in [-0.2, -0.15) is 4.98 Å². The van der Waals surface area contributed by atoms with E-state index < -0.39 is 0 Å². The van der Waals surface area contributed by atoms with Gasteiger partial charge in [0.25, 0.3) is 5.89 Å². The number of aromatic nitrogens is 2. The topological polar surface area (TPSA) is 68.4 Å². The average Bonchev–Trinajstić information content (AvgIpc) is 3.11. The first-order valence-corrected chi connectivity index (χ1v) is 6.35. The van der Waals surface area contributed by atoms with E-state index >= 15 is 0 Å². The molecule has 3 rings (SSSR count). The Morgan fingerprint density at radius 3 is 2.84 bits per heavy atom. The van der Waals surface area contributed by atoms with Crippen molar-refractivity contribution in [2.24, 2.45) is 5.92 Å². The monoisotopic (exact) mass is 260 g/mol. The third-order valence-electron chi connectivity index (χ3n) is 3.46. The third-order valence-corrected chi connectivity index (χ3v) is 3.46. The van der Waals surface area contributed by atoms with Crippen molar-refractivity contribution < 1.29 is 14.4 Å². The maximum Gasteiger partial charge on any atom is 0.258 e. The summed E-state index contributed by atoms with van der Waals surface area (Å²) in [5.74, 6) is 1.72. The maximum absolute atomic E-state index is 9.71. The maximum atomic E-state index is 9.71. The standard InChI is InChI=1S/C14H16N2O3/c1-8-3-4-10(7-11(8)17)14-15-13(16-19-14)12(18-2)9-5-6-9/h3-4,7,9,12,17H,5-6H2,1-2H3. The van der Waals surface area contributed by atoms with E-state index in [4.69, 9.17) is 9.26 Å². The lowest BCUT2D eigenvalue weighted by Crippen LogP contribution is -2.05. The highest BCUT2D eigenvalue weighted by atomic mass is 16.5. The van der Waals surface area contributed by atoms with E-state index in [1.807, 2.05) is 19.1 Å². The largest absolute Gasteiger partial charge is 0.508 e. The van der Waals surface area contributed by atoms with Crippen LogP contribution >= 0.6 is 0 Å². The van der Waals surface area contributed by atoms with Crippen molar-refractivity contribution in [3.63, 3.8) is 0 Å². The number of nitrogens with zero attached hydrogens (tertiary/aromatic N) is 2. The van der Waals surface area contributed by atoms with Gasteiger partial charge in [0.05, 0.1) is 0 Å². The van der Waals surface area contributed by atoms with Crippen LogP contribution in [0, 0.1) is 12.8 Å². The van der Waals surface area contributed by atoms with Crippen LogP contribution in [-0.4, -0.2) is 22.4 Å². The fourth-order valence-corrected chi connectivity index (χ4v) is 2.12. The molecule has 5 heteroatoms. The Morgan fingerprint density at radius 1 is 1.42 bits per heavy atom. The van der Waals surface area contributed by atoms with Gasteiger partial charge >= 0.3 is 0 Å². The summed E-state index contributed by atoms with van der Waals surface area (Å²) in [6, 6.07) is 5.31. The summed E-state index contributed by atoms with van der Waals surface area (Å²) in [5.41, 5.74) is 1.53. The van der Waals surface area contributed by atoms with Gasteiger partial charge in [-0.25, -0.2) is 0 Å². The lowest BCUT2D eigenvalue weighted by Gasteiger charge is -2.08. The summed E-state index contributed by atoms with van der Waals surface area (Å²) >= 11 is 0. The summed E-state index contributed by atoms with van der Waals surface area (Å²) in [6.45, 7) is 1.84. The molecule has 1 N–H and O–H groups in total. The Bertz CT molecular complexity index is 590. The molecule has 1 aliphatic rings. The minimum atomic E-state index is -0.0865. The van der Waals surface area contributed by atoms with Crippen LogP contribution in [0.2, 0.25) is 0 Å². The molecule has 1 fully saturated rings. The molecular weight excluding hydrogens is 244 g/mol. The van der Waals surface area contributed by atoms with Gasteiger partial charge < -0.3 is 14.4 Å². The van der Waals surface area contributed by atoms with Gasteiger partial charge in [0, 0.05) is 12.7 Å². The molecule has 1 saturated carbocycles. The highest BCUT2D eigenvalue weighted by Crippen LogP contribution is 2.42. The second-order valence-electron chi connectivity index (χ2n) is 4.95. The van der Waals surface area contributed by atoms with Crippen LogP contribution in [0.3, 0.4) is 0 Å². The number of hydrogen-bond donors (Lipinski definition) is 1. The first kappa shape index (κ1) is 12.2. The number of hydrogen-bond acceptors (Lipinski definition) is 5. The molecule has 0 amide bonds. The Balaban J connectivity index is 1.89. The first-order valence-electron chi connectivity index (χ1n) is 6.35. The first-order chi connectivity index (χ1) is 9.19. The zero-order chi connectivity index (χ0) is 13.4. The number of phenolic OH excluding ortho intramolecular Hbond substituents is 1. The molecular formula is C14H16N2O3. The van der Waals surface area contributed by atoms with Gasteiger partial charge in [-0.15, -0.1) is 0 Å². The van der Waals surface area contributed by atoms with Crippen LogP contribution in [0.25, 0.3) is 11.5 Å². The SMILES string of the molecule is COC(c1noc(-c2ccc(C)c(O)c2)n1)C1CC1. The second kappa shape index (κ2) is 4.66. The fraction of sp³-hybridized carbons (Fsp3) is 0.429. The highest BCUT2D eigenvalue weighted by molar-refractivity contribution is 5.57. The number of methoxy groups -OCH3 is 1. The molecule has 0 aliphatic heterocycles. The predicted molar refractivity (Wildman–Crippen MR) is 68.6 cm³/mol. The van der Waals surface area contributed by atoms with Crippen LogP contribution < -0.4 is 0 Å². The molecule has 1 heterocycles. The van der Waals surface area contributed by atoms with Gasteiger partial charge in [-0.1, -0.05) is 11.2 Å². The third kappa shape index (κ3) is 2.33. The predicted octanol–water partition coefficient (Wildman–Crippen LogP) is 2.85. The van der Waals surface area contributed by atoms with Gasteiger partial charge in [0.2, 0.25) is 5.82 Å². The lowest BCUT2D eigenvalue weighted by atomic mass is 10.1. The molecule has 0 radical (unpaired) electrons. The molecule has 0 saturated heterocycles. The van der Waals surface area contributed by atoms with Crippen molar-refractivity contribution in [1.29, 1.82) is 0 Å². The molecule has 5 nitrogen and oxygen atoms in total. The van der Waals surface area contributed by atoms with Crippen LogP contribution in [0.15, 0.2) is 22.7 Å². The van der Waals surface area contributed by atoms with Gasteiger partial charge in [-0.05, 0) is 43.4 Å². The van der Waals surface area contributed by atoms with Gasteiger partial charge in [-0.3, -0.25) is 0 Å². The number of phenols is 1. The smallest absolute Gasteiger partial charge is 0.258 e. The molecule has 2 aromatic rings. The summed E-state index contributed by atoms with van der Waals surface area (Å²) in [6.07, 6.45) is 2.21. The van der Waals surface area contributed by atoms with Crippen molar-refractivity contribution >= 4 is 0 Å². The van der Waals surface area contributed by atoms with Crippen molar-refractivity contribution in [1.82, 2.24) is 10.1 Å². The molecule has 1 aliphatic carbocycles. The Labute approximate surface area is 111 Å². The molecule has 100 valence electrons. The summed E-state index contributed by atoms with van der Waals surface area (Å²) in [4.78, 5) is 4.37. The quantitative estimate of drug-likeness (QED) is 0.915. The van der Waals surface area contributed by atoms with E-state index in [2.05, 4.69) is 10.1 Å². The van der Waals surface area contributed by atoms with E-state index in [1.54, 1.807) is 13.2 Å². The molecule has 1 unspecified atom stereocenters. The van der Waals surface area contributed by atoms with E-state index in [9.17, 15) is 5.11 Å². The number of ether oxygens (including phenoxy) is 1. The molecule has 1 aromatic heterocycles. The van der Waals surface area contributed by atoms with Crippen LogP contribution in [0.5, 0.6) is 5.75 Å². The molecule has 1 atom stereocenters. The van der Waals surface area contributed by atoms with E-state index in [0.717, 1.165) is 18.4 Å². The second-order valence-corrected chi connectivity index (χ2v) is 4.95. The number of aromatic hydroxyl groups is 1. The lowest BCUT2D eigenvalue weighted by molar-refractivity contribution is 0.0751. The Morgan fingerprint density at radius 2 is 2.21 bits per heavy atom. The zero-order valence-electron chi connectivity index (χ0n) is 11.0. The van der Waals surface area contributed by atoms with Crippen LogP contribution in [0.4, 0.5) is 0 Å². The van der Waals surface area contributed by atoms with Crippen molar-refractivity contribution in [2.45, 2.75) is 25.9 Å². The van der Waals surface area contributed by atoms with Gasteiger partial charge in [0.1, 0.15) is 11.9 Å². The van der Waals surface area contributed by atoms with Crippen LogP contribution in [0.1, 0.15) is 30.3 Å². The molecule has 19 heavy (non-hydrogen) atoms. The Kier molecular flexibility index (Phi) is 2.98. The molecule has 1 aromatic carbocycles. The van der Waals surface area contributed by atoms with Crippen molar-refractivity contribution in [3.05, 3.63) is 29.6 Å². The zero-order valence-corrected chi connectivity index (χ0v) is 11.0. The van der Waals surface area contributed by atoms with E-state index in [-0.39, 0.29) is 11.9 Å². The summed E-state index contributed by atoms with van der Waals surface area (Å²) in [7, 11) is 1.66. The van der Waals surface area contributed by atoms with Crippen molar-refractivity contribution in [3.8, 4) is 17.2 Å². The van der Waals surface area contributed by atoms with E-state index in [1.165, 1.54) is 0 Å². The minimum Gasteiger partial charge on any atom is -0.508 e. The van der Waals surface area contributed by atoms with Crippen molar-refractivity contribution in [2.75, 3.05) is 7.11 Å². The number of aryl methyl sites for hydroxylation is 1.